The van der Waals surface area contributed by atoms with Gasteiger partial charge in [0.25, 0.3) is 10.0 Å². The molecule has 0 aliphatic carbocycles. The first kappa shape index (κ1) is 21.6. The number of rotatable bonds is 7. The van der Waals surface area contributed by atoms with Crippen LogP contribution in [0.15, 0.2) is 74.9 Å². The van der Waals surface area contributed by atoms with Crippen molar-refractivity contribution in [3.05, 3.63) is 71.8 Å². The zero-order valence-electron chi connectivity index (χ0n) is 15.3. The van der Waals surface area contributed by atoms with E-state index in [9.17, 15) is 22.3 Å². The third-order valence-corrected chi connectivity index (χ3v) is 6.19. The number of phenolic OH excluding ortho intramolecular Hbond substituents is 1. The van der Waals surface area contributed by atoms with Gasteiger partial charge in [0.05, 0.1) is 15.6 Å². The lowest BCUT2D eigenvalue weighted by molar-refractivity contribution is 0.469. The number of aromatic hydroxyl groups is 1. The maximum absolute atomic E-state index is 14.0. The highest BCUT2D eigenvalue weighted by Gasteiger charge is 2.22. The summed E-state index contributed by atoms with van der Waals surface area (Å²) in [6.07, 6.45) is 1.19. The van der Waals surface area contributed by atoms with E-state index >= 15 is 0 Å². The highest BCUT2D eigenvalue weighted by Crippen LogP contribution is 2.42. The Balaban J connectivity index is 2.09. The summed E-state index contributed by atoms with van der Waals surface area (Å²) in [6.45, 7) is 3.71. The molecule has 7 nitrogen and oxygen atoms in total. The standard InChI is InChI=1S/C19H16F2N4O3S2/c1-11(23-10-24-22)29-17-9-16(13-4-2-3-5-14(13)19(17)26)25-30(27,28)18-7-6-12(20)8-15(18)21/h2-10,25-26H,1,22H2,(H,23,24). The molecule has 0 saturated carbocycles. The number of anilines is 1. The molecule has 0 heterocycles. The number of fused-ring (bicyclic) bond motifs is 1. The lowest BCUT2D eigenvalue weighted by Crippen LogP contribution is -2.18. The number of sulfonamides is 1. The van der Waals surface area contributed by atoms with Crippen molar-refractivity contribution in [1.29, 1.82) is 0 Å². The minimum Gasteiger partial charge on any atom is -0.506 e. The minimum absolute atomic E-state index is 0.0864. The van der Waals surface area contributed by atoms with Crippen LogP contribution < -0.4 is 16.0 Å². The summed E-state index contributed by atoms with van der Waals surface area (Å²) in [5, 5.41) is 11.6. The monoisotopic (exact) mass is 450 g/mol. The van der Waals surface area contributed by atoms with E-state index in [0.717, 1.165) is 23.9 Å². The summed E-state index contributed by atoms with van der Waals surface area (Å²) >= 11 is 0.970. The van der Waals surface area contributed by atoms with Gasteiger partial charge in [-0.25, -0.2) is 28.0 Å². The van der Waals surface area contributed by atoms with Gasteiger partial charge in [-0.15, -0.1) is 0 Å². The number of hydrogen-bond acceptors (Lipinski definition) is 6. The Labute approximate surface area is 175 Å². The van der Waals surface area contributed by atoms with E-state index < -0.39 is 26.6 Å². The topological polar surface area (TPSA) is 117 Å². The molecule has 5 N–H and O–H groups in total. The summed E-state index contributed by atoms with van der Waals surface area (Å²) in [5.74, 6) is 2.89. The van der Waals surface area contributed by atoms with E-state index in [0.29, 0.717) is 16.8 Å². The molecule has 0 aliphatic heterocycles. The van der Waals surface area contributed by atoms with Gasteiger partial charge < -0.3 is 10.5 Å². The summed E-state index contributed by atoms with van der Waals surface area (Å²) in [5.41, 5.74) is 2.30. The third kappa shape index (κ3) is 4.53. The van der Waals surface area contributed by atoms with Gasteiger partial charge in [0.2, 0.25) is 0 Å². The second kappa shape index (κ2) is 8.69. The zero-order chi connectivity index (χ0) is 21.9. The van der Waals surface area contributed by atoms with Crippen molar-refractivity contribution in [2.24, 2.45) is 10.8 Å². The Morgan fingerprint density at radius 3 is 2.53 bits per heavy atom. The first-order valence-electron chi connectivity index (χ1n) is 8.31. The van der Waals surface area contributed by atoms with Crippen LogP contribution in [0.1, 0.15) is 0 Å². The zero-order valence-corrected chi connectivity index (χ0v) is 16.9. The summed E-state index contributed by atoms with van der Waals surface area (Å²) in [4.78, 5) is 3.45. The number of hydrogen-bond donors (Lipinski definition) is 4. The number of aliphatic imine (C=N–C) groups is 1. The maximum atomic E-state index is 14.0. The van der Waals surface area contributed by atoms with E-state index in [1.807, 2.05) is 0 Å². The number of halogens is 2. The van der Waals surface area contributed by atoms with Gasteiger partial charge in [0, 0.05) is 16.8 Å². The molecule has 0 aliphatic rings. The van der Waals surface area contributed by atoms with Gasteiger partial charge in [-0.05, 0) is 18.2 Å². The molecule has 0 spiro atoms. The van der Waals surface area contributed by atoms with Crippen molar-refractivity contribution in [1.82, 2.24) is 5.43 Å². The molecule has 0 bridgehead atoms. The molecule has 3 rings (SSSR count). The number of benzene rings is 3. The van der Waals surface area contributed by atoms with Crippen LogP contribution in [0.4, 0.5) is 14.5 Å². The summed E-state index contributed by atoms with van der Waals surface area (Å²) in [7, 11) is -4.39. The lowest BCUT2D eigenvalue weighted by atomic mass is 10.1. The molecule has 11 heteroatoms. The van der Waals surface area contributed by atoms with Gasteiger partial charge >= 0.3 is 0 Å². The van der Waals surface area contributed by atoms with Crippen LogP contribution in [0.3, 0.4) is 0 Å². The minimum atomic E-state index is -4.39. The predicted octanol–water partition coefficient (Wildman–Crippen LogP) is 3.68. The molecule has 0 unspecified atom stereocenters. The van der Waals surface area contributed by atoms with Gasteiger partial charge in [-0.1, -0.05) is 42.6 Å². The molecule has 0 fully saturated rings. The van der Waals surface area contributed by atoms with Crippen molar-refractivity contribution in [3.63, 3.8) is 0 Å². The third-order valence-electron chi connectivity index (χ3n) is 3.92. The van der Waals surface area contributed by atoms with E-state index in [2.05, 4.69) is 21.7 Å². The number of phenols is 1. The number of hydrazine groups is 1. The van der Waals surface area contributed by atoms with Crippen LogP contribution in [0, 0.1) is 11.6 Å². The molecule has 3 aromatic rings. The average molecular weight is 450 g/mol. The Morgan fingerprint density at radius 2 is 1.87 bits per heavy atom. The van der Waals surface area contributed by atoms with E-state index in [-0.39, 0.29) is 21.4 Å². The van der Waals surface area contributed by atoms with Crippen molar-refractivity contribution in [3.8, 4) is 5.75 Å². The quantitative estimate of drug-likeness (QED) is 0.109. The van der Waals surface area contributed by atoms with Crippen LogP contribution in [-0.4, -0.2) is 19.9 Å². The van der Waals surface area contributed by atoms with Crippen LogP contribution in [0.5, 0.6) is 5.75 Å². The van der Waals surface area contributed by atoms with Crippen LogP contribution >= 0.6 is 11.8 Å². The maximum Gasteiger partial charge on any atom is 0.264 e. The largest absolute Gasteiger partial charge is 0.506 e. The molecular formula is C19H16F2N4O3S2. The fourth-order valence-electron chi connectivity index (χ4n) is 2.65. The fourth-order valence-corrected chi connectivity index (χ4v) is 4.53. The molecule has 3 aromatic carbocycles. The van der Waals surface area contributed by atoms with Gasteiger partial charge in [0.1, 0.15) is 28.6 Å². The molecule has 156 valence electrons. The lowest BCUT2D eigenvalue weighted by Gasteiger charge is -2.15. The average Bonchev–Trinajstić information content (AvgIpc) is 2.69. The molecule has 0 saturated heterocycles. The molecule has 0 radical (unpaired) electrons. The van der Waals surface area contributed by atoms with Crippen LogP contribution in [0.25, 0.3) is 10.8 Å². The molecule has 0 atom stereocenters. The number of nitrogens with two attached hydrogens (primary N) is 1. The van der Waals surface area contributed by atoms with Gasteiger partial charge in [-0.3, -0.25) is 4.72 Å². The smallest absolute Gasteiger partial charge is 0.264 e. The molecular weight excluding hydrogens is 434 g/mol. The van der Waals surface area contributed by atoms with E-state index in [1.165, 1.54) is 12.4 Å². The first-order valence-corrected chi connectivity index (χ1v) is 10.6. The highest BCUT2D eigenvalue weighted by molar-refractivity contribution is 8.03. The van der Waals surface area contributed by atoms with Crippen LogP contribution in [0.2, 0.25) is 0 Å². The summed E-state index contributed by atoms with van der Waals surface area (Å²) in [6, 6.07) is 10.0. The van der Waals surface area contributed by atoms with E-state index in [4.69, 9.17) is 5.84 Å². The predicted molar refractivity (Wildman–Crippen MR) is 114 cm³/mol. The molecule has 30 heavy (non-hydrogen) atoms. The Hall–Kier alpha value is -3.15. The van der Waals surface area contributed by atoms with Crippen molar-refractivity contribution in [2.75, 3.05) is 4.72 Å². The van der Waals surface area contributed by atoms with Crippen LogP contribution in [-0.2, 0) is 10.0 Å². The number of nitrogens with one attached hydrogen (secondary N) is 2. The SMILES string of the molecule is C=C(N=CNN)Sc1cc(NS(=O)(=O)c2ccc(F)cc2F)c2ccccc2c1O. The molecule has 0 amide bonds. The van der Waals surface area contributed by atoms with Crippen molar-refractivity contribution in [2.45, 2.75) is 9.79 Å². The second-order valence-corrected chi connectivity index (χ2v) is 8.68. The number of thioether (sulfide) groups is 1. The Bertz CT molecular complexity index is 1260. The second-order valence-electron chi connectivity index (χ2n) is 5.92. The van der Waals surface area contributed by atoms with Crippen molar-refractivity contribution >= 4 is 44.6 Å². The van der Waals surface area contributed by atoms with Crippen molar-refractivity contribution < 1.29 is 22.3 Å². The highest BCUT2D eigenvalue weighted by atomic mass is 32.2. The summed E-state index contributed by atoms with van der Waals surface area (Å²) < 4.78 is 55.0. The first-order chi connectivity index (χ1) is 14.2. The Kier molecular flexibility index (Phi) is 6.25. The molecule has 0 aromatic heterocycles. The van der Waals surface area contributed by atoms with E-state index in [1.54, 1.807) is 24.3 Å². The Morgan fingerprint density at radius 1 is 1.17 bits per heavy atom. The van der Waals surface area contributed by atoms with Gasteiger partial charge in [-0.2, -0.15) is 0 Å². The fraction of sp³-hybridized carbons (Fsp3) is 0. The normalized spacial score (nSPS) is 11.7. The van der Waals surface area contributed by atoms with Gasteiger partial charge in [0.15, 0.2) is 0 Å². The number of nitrogens with zero attached hydrogens (tertiary/aromatic N) is 1.